The van der Waals surface area contributed by atoms with E-state index in [9.17, 15) is 0 Å². The second-order valence-corrected chi connectivity index (χ2v) is 3.12. The summed E-state index contributed by atoms with van der Waals surface area (Å²) < 4.78 is 5.06. The van der Waals surface area contributed by atoms with Gasteiger partial charge < -0.3 is 4.52 Å². The molecule has 3 heteroatoms. The molecule has 0 unspecified atom stereocenters. The molecule has 0 radical (unpaired) electrons. The van der Waals surface area contributed by atoms with Crippen LogP contribution in [0.3, 0.4) is 0 Å². The Bertz CT molecular complexity index is 219. The van der Waals surface area contributed by atoms with Crippen LogP contribution in [0, 0.1) is 13.8 Å². The first-order valence-electron chi connectivity index (χ1n) is 3.16. The van der Waals surface area contributed by atoms with Crippen LogP contribution in [0.15, 0.2) is 4.52 Å². The van der Waals surface area contributed by atoms with Gasteiger partial charge in [0.25, 0.3) is 0 Å². The maximum atomic E-state index is 5.06. The van der Waals surface area contributed by atoms with Gasteiger partial charge >= 0.3 is 0 Å². The van der Waals surface area contributed by atoms with Crippen LogP contribution < -0.4 is 0 Å². The average molecular weight is 157 g/mol. The van der Waals surface area contributed by atoms with Crippen molar-refractivity contribution in [2.75, 3.05) is 6.26 Å². The van der Waals surface area contributed by atoms with Crippen LogP contribution in [0.5, 0.6) is 0 Å². The SMILES string of the molecule is CSCc1onc(C)c1C. The summed E-state index contributed by atoms with van der Waals surface area (Å²) >= 11 is 1.75. The summed E-state index contributed by atoms with van der Waals surface area (Å²) in [6, 6.07) is 0. The topological polar surface area (TPSA) is 26.0 Å². The van der Waals surface area contributed by atoms with Crippen molar-refractivity contribution in [3.8, 4) is 0 Å². The number of hydrogen-bond acceptors (Lipinski definition) is 3. The zero-order valence-electron chi connectivity index (χ0n) is 6.47. The third kappa shape index (κ3) is 1.34. The van der Waals surface area contributed by atoms with Crippen LogP contribution in [0.4, 0.5) is 0 Å². The fourth-order valence-corrected chi connectivity index (χ4v) is 1.26. The van der Waals surface area contributed by atoms with E-state index in [4.69, 9.17) is 4.52 Å². The van der Waals surface area contributed by atoms with Gasteiger partial charge in [-0.1, -0.05) is 5.16 Å². The first-order valence-corrected chi connectivity index (χ1v) is 4.55. The number of hydrogen-bond donors (Lipinski definition) is 0. The lowest BCUT2D eigenvalue weighted by Crippen LogP contribution is -1.79. The fourth-order valence-electron chi connectivity index (χ4n) is 0.728. The summed E-state index contributed by atoms with van der Waals surface area (Å²) in [7, 11) is 0. The molecule has 0 saturated carbocycles. The zero-order chi connectivity index (χ0) is 7.56. The molecule has 2 nitrogen and oxygen atoms in total. The van der Waals surface area contributed by atoms with E-state index in [1.807, 2.05) is 13.8 Å². The van der Waals surface area contributed by atoms with Crippen LogP contribution in [0.1, 0.15) is 17.0 Å². The van der Waals surface area contributed by atoms with E-state index in [0.717, 1.165) is 17.2 Å². The fraction of sp³-hybridized carbons (Fsp3) is 0.571. The Morgan fingerprint density at radius 1 is 1.50 bits per heavy atom. The molecule has 0 spiro atoms. The minimum atomic E-state index is 0.923. The lowest BCUT2D eigenvalue weighted by molar-refractivity contribution is 0.390. The van der Waals surface area contributed by atoms with E-state index in [0.29, 0.717) is 0 Å². The molecule has 0 bridgehead atoms. The summed E-state index contributed by atoms with van der Waals surface area (Å²) in [6.07, 6.45) is 2.05. The summed E-state index contributed by atoms with van der Waals surface area (Å²) in [5.74, 6) is 1.93. The number of aryl methyl sites for hydroxylation is 1. The molecule has 1 aromatic heterocycles. The Kier molecular flexibility index (Phi) is 2.38. The minimum Gasteiger partial charge on any atom is -0.360 e. The standard InChI is InChI=1S/C7H11NOS/c1-5-6(2)8-9-7(5)4-10-3/h4H2,1-3H3. The predicted molar refractivity (Wildman–Crippen MR) is 43.2 cm³/mol. The van der Waals surface area contributed by atoms with Gasteiger partial charge in [0.2, 0.25) is 0 Å². The highest BCUT2D eigenvalue weighted by atomic mass is 32.2. The summed E-state index contributed by atoms with van der Waals surface area (Å²) in [6.45, 7) is 4.00. The third-order valence-electron chi connectivity index (χ3n) is 1.53. The normalized spacial score (nSPS) is 10.3. The van der Waals surface area contributed by atoms with Gasteiger partial charge in [-0.25, -0.2) is 0 Å². The molecular weight excluding hydrogens is 146 g/mol. The van der Waals surface area contributed by atoms with Crippen LogP contribution >= 0.6 is 11.8 Å². The Balaban J connectivity index is 2.83. The highest BCUT2D eigenvalue weighted by Crippen LogP contribution is 2.16. The molecule has 0 fully saturated rings. The molecule has 0 aromatic carbocycles. The largest absolute Gasteiger partial charge is 0.360 e. The second kappa shape index (κ2) is 3.10. The van der Waals surface area contributed by atoms with Crippen molar-refractivity contribution >= 4 is 11.8 Å². The van der Waals surface area contributed by atoms with Gasteiger partial charge in [0.05, 0.1) is 11.4 Å². The minimum absolute atomic E-state index is 0.923. The molecule has 0 amide bonds. The molecule has 0 atom stereocenters. The van der Waals surface area contributed by atoms with Crippen LogP contribution in [0.25, 0.3) is 0 Å². The summed E-state index contributed by atoms with van der Waals surface area (Å²) in [4.78, 5) is 0. The van der Waals surface area contributed by atoms with Crippen molar-refractivity contribution in [2.24, 2.45) is 0 Å². The average Bonchev–Trinajstić information content (AvgIpc) is 2.20. The second-order valence-electron chi connectivity index (χ2n) is 2.25. The van der Waals surface area contributed by atoms with E-state index >= 15 is 0 Å². The van der Waals surface area contributed by atoms with E-state index in [2.05, 4.69) is 11.4 Å². The van der Waals surface area contributed by atoms with E-state index in [1.54, 1.807) is 11.8 Å². The van der Waals surface area contributed by atoms with Crippen molar-refractivity contribution < 1.29 is 4.52 Å². The van der Waals surface area contributed by atoms with E-state index in [1.165, 1.54) is 5.56 Å². The Morgan fingerprint density at radius 3 is 2.60 bits per heavy atom. The quantitative estimate of drug-likeness (QED) is 0.658. The van der Waals surface area contributed by atoms with E-state index in [-0.39, 0.29) is 0 Å². The molecule has 1 heterocycles. The zero-order valence-corrected chi connectivity index (χ0v) is 7.29. The molecule has 1 rings (SSSR count). The Hall–Kier alpha value is -0.440. The molecule has 1 aromatic rings. The van der Waals surface area contributed by atoms with Crippen molar-refractivity contribution in [3.05, 3.63) is 17.0 Å². The summed E-state index contributed by atoms with van der Waals surface area (Å²) in [5.41, 5.74) is 2.19. The van der Waals surface area contributed by atoms with Crippen LogP contribution in [-0.4, -0.2) is 11.4 Å². The van der Waals surface area contributed by atoms with Gasteiger partial charge in [0.15, 0.2) is 0 Å². The summed E-state index contributed by atoms with van der Waals surface area (Å²) in [5, 5.41) is 3.85. The number of rotatable bonds is 2. The van der Waals surface area contributed by atoms with Crippen molar-refractivity contribution in [3.63, 3.8) is 0 Å². The van der Waals surface area contributed by atoms with Gasteiger partial charge in [-0.3, -0.25) is 0 Å². The molecule has 0 saturated heterocycles. The number of thioether (sulfide) groups is 1. The third-order valence-corrected chi connectivity index (χ3v) is 2.08. The van der Waals surface area contributed by atoms with Crippen LogP contribution in [0.2, 0.25) is 0 Å². The van der Waals surface area contributed by atoms with Gasteiger partial charge in [-0.05, 0) is 20.1 Å². The molecule has 10 heavy (non-hydrogen) atoms. The van der Waals surface area contributed by atoms with E-state index < -0.39 is 0 Å². The lowest BCUT2D eigenvalue weighted by atomic mass is 10.2. The smallest absolute Gasteiger partial charge is 0.149 e. The highest BCUT2D eigenvalue weighted by molar-refractivity contribution is 7.97. The van der Waals surface area contributed by atoms with Crippen molar-refractivity contribution in [1.29, 1.82) is 0 Å². The first-order chi connectivity index (χ1) is 4.75. The Morgan fingerprint density at radius 2 is 2.20 bits per heavy atom. The van der Waals surface area contributed by atoms with Crippen LogP contribution in [-0.2, 0) is 5.75 Å². The molecule has 0 aliphatic rings. The maximum absolute atomic E-state index is 5.06. The maximum Gasteiger partial charge on any atom is 0.149 e. The van der Waals surface area contributed by atoms with Crippen molar-refractivity contribution in [2.45, 2.75) is 19.6 Å². The first kappa shape index (κ1) is 7.66. The van der Waals surface area contributed by atoms with Gasteiger partial charge in [-0.15, -0.1) is 0 Å². The molecular formula is C7H11NOS. The number of nitrogens with zero attached hydrogens (tertiary/aromatic N) is 1. The van der Waals surface area contributed by atoms with Gasteiger partial charge in [0.1, 0.15) is 5.76 Å². The molecule has 0 aliphatic heterocycles. The van der Waals surface area contributed by atoms with Gasteiger partial charge in [0, 0.05) is 5.56 Å². The van der Waals surface area contributed by atoms with Gasteiger partial charge in [-0.2, -0.15) is 11.8 Å². The predicted octanol–water partition coefficient (Wildman–Crippen LogP) is 2.15. The lowest BCUT2D eigenvalue weighted by Gasteiger charge is -1.90. The molecule has 0 aliphatic carbocycles. The molecule has 56 valence electrons. The Labute approximate surface area is 65.0 Å². The monoisotopic (exact) mass is 157 g/mol. The highest BCUT2D eigenvalue weighted by Gasteiger charge is 2.05. The molecule has 0 N–H and O–H groups in total. The number of aromatic nitrogens is 1. The van der Waals surface area contributed by atoms with Crippen molar-refractivity contribution in [1.82, 2.24) is 5.16 Å².